The number of rotatable bonds is 4. The van der Waals surface area contributed by atoms with Crippen molar-refractivity contribution in [2.24, 2.45) is 0 Å². The molecule has 0 unspecified atom stereocenters. The van der Waals surface area contributed by atoms with E-state index in [0.717, 1.165) is 17.7 Å². The molecule has 0 radical (unpaired) electrons. The normalized spacial score (nSPS) is 16.1. The summed E-state index contributed by atoms with van der Waals surface area (Å²) in [7, 11) is 2.06. The highest BCUT2D eigenvalue weighted by Gasteiger charge is 2.23. The van der Waals surface area contributed by atoms with E-state index >= 15 is 0 Å². The van der Waals surface area contributed by atoms with Gasteiger partial charge in [0.1, 0.15) is 0 Å². The SMILES string of the molecule is CCc1cc([N+](=O)[O-])cc(Cl)c1N(C)C1CCCCC1. The quantitative estimate of drug-likeness (QED) is 0.603. The Morgan fingerprint density at radius 1 is 1.35 bits per heavy atom. The largest absolute Gasteiger partial charge is 0.370 e. The van der Waals surface area contributed by atoms with Crippen molar-refractivity contribution in [1.82, 2.24) is 0 Å². The van der Waals surface area contributed by atoms with E-state index in [1.807, 2.05) is 6.92 Å². The molecule has 0 atom stereocenters. The zero-order valence-corrected chi connectivity index (χ0v) is 12.8. The Kier molecular flexibility index (Phi) is 4.86. The molecular weight excluding hydrogens is 276 g/mol. The summed E-state index contributed by atoms with van der Waals surface area (Å²) >= 11 is 6.33. The van der Waals surface area contributed by atoms with Crippen LogP contribution in [0.4, 0.5) is 11.4 Å². The van der Waals surface area contributed by atoms with Gasteiger partial charge in [-0.15, -0.1) is 0 Å². The van der Waals surface area contributed by atoms with Crippen molar-refractivity contribution in [1.29, 1.82) is 0 Å². The van der Waals surface area contributed by atoms with Gasteiger partial charge in [-0.2, -0.15) is 0 Å². The second-order valence-electron chi connectivity index (χ2n) is 5.45. The van der Waals surface area contributed by atoms with E-state index in [-0.39, 0.29) is 10.6 Å². The molecule has 0 amide bonds. The third-order valence-electron chi connectivity index (χ3n) is 4.19. The van der Waals surface area contributed by atoms with Crippen LogP contribution in [0.1, 0.15) is 44.6 Å². The van der Waals surface area contributed by atoms with E-state index in [1.54, 1.807) is 6.07 Å². The van der Waals surface area contributed by atoms with Crippen molar-refractivity contribution in [3.63, 3.8) is 0 Å². The average Bonchev–Trinajstić information content (AvgIpc) is 2.46. The summed E-state index contributed by atoms with van der Waals surface area (Å²) in [5.74, 6) is 0. The Hall–Kier alpha value is -1.29. The molecule has 0 aromatic heterocycles. The number of aryl methyl sites for hydroxylation is 1. The number of nitro groups is 1. The first kappa shape index (κ1) is 15.1. The minimum atomic E-state index is -0.380. The number of hydrogen-bond donors (Lipinski definition) is 0. The highest BCUT2D eigenvalue weighted by atomic mass is 35.5. The van der Waals surface area contributed by atoms with Gasteiger partial charge in [0.2, 0.25) is 0 Å². The zero-order chi connectivity index (χ0) is 14.7. The molecule has 0 N–H and O–H groups in total. The minimum Gasteiger partial charge on any atom is -0.370 e. The number of halogens is 1. The van der Waals surface area contributed by atoms with E-state index in [9.17, 15) is 10.1 Å². The Morgan fingerprint density at radius 2 is 2.00 bits per heavy atom. The standard InChI is InChI=1S/C15H21ClN2O2/c1-3-11-9-13(18(19)20)10-14(16)15(11)17(2)12-7-5-4-6-8-12/h9-10,12H,3-8H2,1-2H3. The first-order chi connectivity index (χ1) is 9.54. The van der Waals surface area contributed by atoms with Gasteiger partial charge in [-0.3, -0.25) is 10.1 Å². The molecule has 4 nitrogen and oxygen atoms in total. The first-order valence-corrected chi connectivity index (χ1v) is 7.62. The maximum absolute atomic E-state index is 10.9. The van der Waals surface area contributed by atoms with Crippen LogP contribution in [0.5, 0.6) is 0 Å². The van der Waals surface area contributed by atoms with Crippen molar-refractivity contribution in [3.8, 4) is 0 Å². The van der Waals surface area contributed by atoms with Crippen LogP contribution >= 0.6 is 11.6 Å². The topological polar surface area (TPSA) is 46.4 Å². The van der Waals surface area contributed by atoms with Crippen molar-refractivity contribution in [2.45, 2.75) is 51.5 Å². The van der Waals surface area contributed by atoms with Crippen LogP contribution in [-0.4, -0.2) is 18.0 Å². The lowest BCUT2D eigenvalue weighted by Gasteiger charge is -2.34. The smallest absolute Gasteiger partial charge is 0.271 e. The molecule has 1 aliphatic carbocycles. The summed E-state index contributed by atoms with van der Waals surface area (Å²) in [5.41, 5.74) is 2.00. The molecule has 0 saturated heterocycles. The van der Waals surface area contributed by atoms with Gasteiger partial charge in [0.05, 0.1) is 15.6 Å². The predicted molar refractivity (Wildman–Crippen MR) is 82.8 cm³/mol. The fourth-order valence-corrected chi connectivity index (χ4v) is 3.43. The zero-order valence-electron chi connectivity index (χ0n) is 12.1. The third kappa shape index (κ3) is 3.06. The van der Waals surface area contributed by atoms with Crippen LogP contribution in [0, 0.1) is 10.1 Å². The number of anilines is 1. The van der Waals surface area contributed by atoms with Gasteiger partial charge >= 0.3 is 0 Å². The second kappa shape index (κ2) is 6.44. The van der Waals surface area contributed by atoms with E-state index in [4.69, 9.17) is 11.6 Å². The van der Waals surface area contributed by atoms with Crippen molar-refractivity contribution < 1.29 is 4.92 Å². The molecule has 20 heavy (non-hydrogen) atoms. The molecule has 0 spiro atoms. The molecule has 1 saturated carbocycles. The molecule has 0 aliphatic heterocycles. The molecule has 0 bridgehead atoms. The van der Waals surface area contributed by atoms with Gasteiger partial charge < -0.3 is 4.90 Å². The maximum Gasteiger partial charge on any atom is 0.271 e. The van der Waals surface area contributed by atoms with Gasteiger partial charge in [0.15, 0.2) is 0 Å². The molecule has 0 heterocycles. The summed E-state index contributed by atoms with van der Waals surface area (Å²) in [6.07, 6.45) is 6.90. The molecule has 1 aromatic carbocycles. The molecule has 5 heteroatoms. The van der Waals surface area contributed by atoms with E-state index in [1.165, 1.54) is 38.2 Å². The predicted octanol–water partition coefficient (Wildman–Crippen LogP) is 4.58. The van der Waals surface area contributed by atoms with Gasteiger partial charge in [0, 0.05) is 25.2 Å². The van der Waals surface area contributed by atoms with Crippen LogP contribution in [0.15, 0.2) is 12.1 Å². The summed E-state index contributed by atoms with van der Waals surface area (Å²) in [4.78, 5) is 12.8. The van der Waals surface area contributed by atoms with Crippen LogP contribution in [0.3, 0.4) is 0 Å². The molecule has 2 rings (SSSR count). The second-order valence-corrected chi connectivity index (χ2v) is 5.86. The lowest BCUT2D eigenvalue weighted by molar-refractivity contribution is -0.384. The van der Waals surface area contributed by atoms with Crippen LogP contribution in [-0.2, 0) is 6.42 Å². The summed E-state index contributed by atoms with van der Waals surface area (Å²) in [6.45, 7) is 2.01. The number of benzene rings is 1. The fourth-order valence-electron chi connectivity index (χ4n) is 3.06. The van der Waals surface area contributed by atoms with Gasteiger partial charge in [0.25, 0.3) is 5.69 Å². The molecular formula is C15H21ClN2O2. The highest BCUT2D eigenvalue weighted by Crippen LogP contribution is 2.37. The van der Waals surface area contributed by atoms with Crippen molar-refractivity contribution in [2.75, 3.05) is 11.9 Å². The van der Waals surface area contributed by atoms with E-state index < -0.39 is 0 Å². The Bertz CT molecular complexity index is 499. The van der Waals surface area contributed by atoms with Gasteiger partial charge in [-0.05, 0) is 24.8 Å². The Balaban J connectivity index is 2.36. The fraction of sp³-hybridized carbons (Fsp3) is 0.600. The number of non-ortho nitro benzene ring substituents is 1. The van der Waals surface area contributed by atoms with E-state index in [2.05, 4.69) is 11.9 Å². The number of nitro benzene ring substituents is 1. The number of hydrogen-bond acceptors (Lipinski definition) is 3. The van der Waals surface area contributed by atoms with Crippen LogP contribution < -0.4 is 4.90 Å². The van der Waals surface area contributed by atoms with E-state index in [0.29, 0.717) is 11.1 Å². The molecule has 110 valence electrons. The maximum atomic E-state index is 10.9. The average molecular weight is 297 g/mol. The summed E-state index contributed by atoms with van der Waals surface area (Å²) < 4.78 is 0. The number of nitrogens with zero attached hydrogens (tertiary/aromatic N) is 2. The molecule has 1 fully saturated rings. The highest BCUT2D eigenvalue weighted by molar-refractivity contribution is 6.33. The van der Waals surface area contributed by atoms with Crippen molar-refractivity contribution in [3.05, 3.63) is 32.8 Å². The van der Waals surface area contributed by atoms with Gasteiger partial charge in [-0.25, -0.2) is 0 Å². The Morgan fingerprint density at radius 3 is 2.55 bits per heavy atom. The minimum absolute atomic E-state index is 0.0765. The van der Waals surface area contributed by atoms with Gasteiger partial charge in [-0.1, -0.05) is 37.8 Å². The van der Waals surface area contributed by atoms with Crippen LogP contribution in [0.2, 0.25) is 5.02 Å². The van der Waals surface area contributed by atoms with Crippen molar-refractivity contribution >= 4 is 23.0 Å². The molecule has 1 aliphatic rings. The summed E-state index contributed by atoms with van der Waals surface area (Å²) in [6, 6.07) is 3.61. The van der Waals surface area contributed by atoms with Crippen LogP contribution in [0.25, 0.3) is 0 Å². The lowest BCUT2D eigenvalue weighted by atomic mass is 9.93. The molecule has 1 aromatic rings. The summed E-state index contributed by atoms with van der Waals surface area (Å²) in [5, 5.41) is 11.4. The lowest BCUT2D eigenvalue weighted by Crippen LogP contribution is -2.34. The monoisotopic (exact) mass is 296 g/mol. The first-order valence-electron chi connectivity index (χ1n) is 7.24. The third-order valence-corrected chi connectivity index (χ3v) is 4.48. The Labute approximate surface area is 124 Å².